The average Bonchev–Trinajstić information content (AvgIpc) is 3.67. The Morgan fingerprint density at radius 2 is 1.63 bits per heavy atom. The highest BCUT2D eigenvalue weighted by Gasteiger charge is 2.46. The van der Waals surface area contributed by atoms with Crippen molar-refractivity contribution in [3.8, 4) is 11.4 Å². The lowest BCUT2D eigenvalue weighted by molar-refractivity contribution is -0.172. The molecule has 0 bridgehead atoms. The Balaban J connectivity index is 0.992. The minimum atomic E-state index is -2.05. The summed E-state index contributed by atoms with van der Waals surface area (Å²) in [5.41, 5.74) is 1.24. The molecule has 7 rings (SSSR count). The number of nitrogens with one attached hydrogen (secondary N) is 6. The highest BCUT2D eigenvalue weighted by molar-refractivity contribution is 5.95. The molecular formula is C48H55FN8O11. The van der Waals surface area contributed by atoms with Gasteiger partial charge in [-0.05, 0) is 75.3 Å². The van der Waals surface area contributed by atoms with E-state index in [0.717, 1.165) is 5.56 Å². The Bertz CT molecular complexity index is 2790. The summed E-state index contributed by atoms with van der Waals surface area (Å²) < 4.78 is 27.2. The number of aryl methyl sites for hydroxylation is 1. The number of alkyl carbamates (subject to hydrolysis) is 1. The third kappa shape index (κ3) is 10.2. The van der Waals surface area contributed by atoms with E-state index in [1.807, 2.05) is 0 Å². The van der Waals surface area contributed by atoms with Crippen molar-refractivity contribution in [1.29, 1.82) is 0 Å². The van der Waals surface area contributed by atoms with Gasteiger partial charge in [-0.3, -0.25) is 28.8 Å². The molecule has 3 aliphatic rings. The van der Waals surface area contributed by atoms with Crippen LogP contribution in [0.15, 0.2) is 47.3 Å². The molecule has 4 aromatic rings. The number of carbonyl (C=O) groups excluding carboxylic acids is 7. The maximum atomic E-state index is 15.4. The number of fused-ring (bicyclic) bond motifs is 5. The van der Waals surface area contributed by atoms with Gasteiger partial charge in [-0.25, -0.2) is 19.0 Å². The maximum Gasteiger partial charge on any atom is 0.408 e. The Morgan fingerprint density at radius 1 is 0.941 bits per heavy atom. The zero-order valence-electron chi connectivity index (χ0n) is 38.6. The highest BCUT2D eigenvalue weighted by Crippen LogP contribution is 2.46. The third-order valence-electron chi connectivity index (χ3n) is 12.3. The number of amides is 6. The predicted molar refractivity (Wildman–Crippen MR) is 243 cm³/mol. The fourth-order valence-electron chi connectivity index (χ4n) is 8.74. The van der Waals surface area contributed by atoms with Crippen LogP contribution in [0.5, 0.6) is 0 Å². The van der Waals surface area contributed by atoms with Crippen LogP contribution in [0.4, 0.5) is 9.18 Å². The van der Waals surface area contributed by atoms with Crippen LogP contribution in [0.1, 0.15) is 92.4 Å². The van der Waals surface area contributed by atoms with Gasteiger partial charge in [-0.2, -0.15) is 0 Å². The molecule has 2 aliphatic heterocycles. The van der Waals surface area contributed by atoms with E-state index in [-0.39, 0.29) is 43.7 Å². The quantitative estimate of drug-likeness (QED) is 0.0743. The second kappa shape index (κ2) is 19.6. The standard InChI is InChI=1S/C48H55FN8O11/c1-7-48(66)30-16-35-41-28(22-57(35)44(63)29(30)23-67-45(48)64)40-32(14-13-27-25(3)31(49)17-33(55-41)39(27)40)56-42(61)24(2)18-50-36(58)19-52-43(62)34(15-26-11-9-8-10-12-26)54-38(60)21-51-37(59)20-53-46(65)68-47(4,5)6/h8-12,16-17,24,32,34,66H,7,13-15,18-23H2,1-6H3,(H,50,58)(H,51,59)(H,52,62)(H,53,65)(H,54,60)(H,56,61)/t24-,32+,34+,48+/m1/s1. The number of esters is 1. The monoisotopic (exact) mass is 938 g/mol. The second-order valence-electron chi connectivity index (χ2n) is 18.3. The lowest BCUT2D eigenvalue weighted by Crippen LogP contribution is -2.52. The number of hydrogen-bond donors (Lipinski definition) is 7. The molecule has 68 heavy (non-hydrogen) atoms. The molecule has 1 aliphatic carbocycles. The van der Waals surface area contributed by atoms with Crippen molar-refractivity contribution in [2.75, 3.05) is 26.2 Å². The van der Waals surface area contributed by atoms with Gasteiger partial charge in [0.05, 0.1) is 54.1 Å². The predicted octanol–water partition coefficient (Wildman–Crippen LogP) is 1.87. The topological polar surface area (TPSA) is 265 Å². The number of hydrogen-bond acceptors (Lipinski definition) is 12. The Morgan fingerprint density at radius 3 is 2.34 bits per heavy atom. The van der Waals surface area contributed by atoms with E-state index in [4.69, 9.17) is 14.5 Å². The zero-order chi connectivity index (χ0) is 49.2. The molecule has 2 aromatic heterocycles. The minimum absolute atomic E-state index is 0.0424. The summed E-state index contributed by atoms with van der Waals surface area (Å²) in [6.07, 6.45) is 0.00978. The molecule has 0 fully saturated rings. The Kier molecular flexibility index (Phi) is 14.0. The van der Waals surface area contributed by atoms with Gasteiger partial charge < -0.3 is 51.0 Å². The number of carbonyl (C=O) groups is 7. The first-order valence-electron chi connectivity index (χ1n) is 22.4. The molecule has 0 radical (unpaired) electrons. The van der Waals surface area contributed by atoms with Crippen molar-refractivity contribution in [1.82, 2.24) is 41.5 Å². The van der Waals surface area contributed by atoms with E-state index in [1.54, 1.807) is 77.9 Å². The second-order valence-corrected chi connectivity index (χ2v) is 18.3. The van der Waals surface area contributed by atoms with Gasteiger partial charge in [0.15, 0.2) is 5.60 Å². The summed E-state index contributed by atoms with van der Waals surface area (Å²) in [6, 6.07) is 9.97. The number of pyridine rings is 2. The lowest BCUT2D eigenvalue weighted by atomic mass is 9.81. The van der Waals surface area contributed by atoms with E-state index >= 15 is 4.39 Å². The van der Waals surface area contributed by atoms with Crippen LogP contribution in [0.2, 0.25) is 0 Å². The molecule has 0 saturated heterocycles. The number of aromatic nitrogens is 2. The molecule has 4 heterocycles. The van der Waals surface area contributed by atoms with Crippen molar-refractivity contribution in [3.63, 3.8) is 0 Å². The van der Waals surface area contributed by atoms with Gasteiger partial charge in [-0.15, -0.1) is 0 Å². The Hall–Kier alpha value is -7.22. The first-order valence-corrected chi connectivity index (χ1v) is 22.4. The number of cyclic esters (lactones) is 1. The molecule has 0 spiro atoms. The van der Waals surface area contributed by atoms with E-state index < -0.39 is 102 Å². The number of nitrogens with zero attached hydrogens (tertiary/aromatic N) is 2. The van der Waals surface area contributed by atoms with Crippen LogP contribution in [0, 0.1) is 18.7 Å². The van der Waals surface area contributed by atoms with E-state index in [0.29, 0.717) is 57.4 Å². The van der Waals surface area contributed by atoms with Gasteiger partial charge in [0.1, 0.15) is 30.6 Å². The van der Waals surface area contributed by atoms with Gasteiger partial charge in [0, 0.05) is 35.5 Å². The normalized spacial score (nSPS) is 17.6. The summed E-state index contributed by atoms with van der Waals surface area (Å²) >= 11 is 0. The van der Waals surface area contributed by atoms with Gasteiger partial charge in [-0.1, -0.05) is 44.2 Å². The summed E-state index contributed by atoms with van der Waals surface area (Å²) in [7, 11) is 0. The lowest BCUT2D eigenvalue weighted by Gasteiger charge is -2.31. The van der Waals surface area contributed by atoms with Crippen LogP contribution in [-0.4, -0.2) is 94.1 Å². The number of halogens is 1. The highest BCUT2D eigenvalue weighted by atomic mass is 19.1. The molecule has 19 nitrogen and oxygen atoms in total. The van der Waals surface area contributed by atoms with Crippen LogP contribution in [0.3, 0.4) is 0 Å². The molecule has 6 amide bonds. The third-order valence-corrected chi connectivity index (χ3v) is 12.3. The molecule has 20 heteroatoms. The Labute approximate surface area is 390 Å². The summed E-state index contributed by atoms with van der Waals surface area (Å²) in [4.78, 5) is 109. The van der Waals surface area contributed by atoms with Gasteiger partial charge in [0.2, 0.25) is 29.5 Å². The fraction of sp³-hybridized carbons (Fsp3) is 0.438. The zero-order valence-corrected chi connectivity index (χ0v) is 38.6. The van der Waals surface area contributed by atoms with E-state index in [9.17, 15) is 43.5 Å². The van der Waals surface area contributed by atoms with E-state index in [1.165, 1.54) is 10.6 Å². The van der Waals surface area contributed by atoms with Crippen molar-refractivity contribution in [3.05, 3.63) is 97.6 Å². The average molecular weight is 939 g/mol. The van der Waals surface area contributed by atoms with Crippen LogP contribution >= 0.6 is 0 Å². The van der Waals surface area contributed by atoms with Gasteiger partial charge in [0.25, 0.3) is 5.56 Å². The summed E-state index contributed by atoms with van der Waals surface area (Å²) in [5, 5.41) is 27.6. The number of rotatable bonds is 15. The van der Waals surface area contributed by atoms with Crippen molar-refractivity contribution in [2.24, 2.45) is 5.92 Å². The van der Waals surface area contributed by atoms with Crippen LogP contribution in [0.25, 0.3) is 22.3 Å². The summed E-state index contributed by atoms with van der Waals surface area (Å²) in [5.74, 6) is -5.17. The molecular weight excluding hydrogens is 884 g/mol. The number of aliphatic hydroxyl groups is 1. The van der Waals surface area contributed by atoms with Gasteiger partial charge >= 0.3 is 12.1 Å². The molecule has 0 saturated carbocycles. The first-order chi connectivity index (χ1) is 32.2. The van der Waals surface area contributed by atoms with Crippen LogP contribution < -0.4 is 37.5 Å². The molecule has 7 N–H and O–H groups in total. The van der Waals surface area contributed by atoms with E-state index in [2.05, 4.69) is 31.9 Å². The van der Waals surface area contributed by atoms with Crippen LogP contribution in [-0.2, 0) is 69.8 Å². The fourth-order valence-corrected chi connectivity index (χ4v) is 8.74. The number of benzene rings is 2. The molecule has 4 atom stereocenters. The smallest absolute Gasteiger partial charge is 0.408 e. The molecule has 0 unspecified atom stereocenters. The summed E-state index contributed by atoms with van der Waals surface area (Å²) in [6.45, 7) is 8.10. The molecule has 360 valence electrons. The largest absolute Gasteiger partial charge is 0.458 e. The SMILES string of the molecule is CC[C@@]1(O)C(=O)OCc2c1cc1n(c2=O)Cc2c-1nc1cc(F)c(C)c3c1c2[C@@H](NC(=O)[C@H](C)CNC(=O)CNC(=O)[C@H](Cc1ccccc1)NC(=O)CNC(=O)CNC(=O)OC(C)(C)C)CC3. The molecule has 2 aromatic carbocycles. The first kappa shape index (κ1) is 48.7. The minimum Gasteiger partial charge on any atom is -0.458 e. The van der Waals surface area contributed by atoms with Crippen molar-refractivity contribution >= 4 is 52.5 Å². The van der Waals surface area contributed by atoms with Crippen molar-refractivity contribution < 1.29 is 52.5 Å². The van der Waals surface area contributed by atoms with Crippen molar-refractivity contribution in [2.45, 2.75) is 104 Å². The maximum absolute atomic E-state index is 15.4. The number of ether oxygens (including phenoxy) is 2.